The minimum Gasteiger partial charge on any atom is -0.475 e. The van der Waals surface area contributed by atoms with E-state index in [2.05, 4.69) is 15.3 Å². The second-order valence-corrected chi connectivity index (χ2v) is 5.53. The standard InChI is InChI=1S/C15H15Cl2N3O2/c1-9(2)22-15-10(4-3-7-18-15)8-19-14(21)11-5-6-12(16)20-13(11)17/h3-7,9H,8H2,1-2H3,(H,19,21). The topological polar surface area (TPSA) is 64.1 Å². The lowest BCUT2D eigenvalue weighted by molar-refractivity contribution is 0.0950. The molecule has 2 aromatic heterocycles. The zero-order valence-corrected chi connectivity index (χ0v) is 13.6. The number of hydrogen-bond donors (Lipinski definition) is 1. The Labute approximate surface area is 138 Å². The van der Waals surface area contributed by atoms with Gasteiger partial charge in [0.05, 0.1) is 11.7 Å². The summed E-state index contributed by atoms with van der Waals surface area (Å²) in [5, 5.41) is 3.06. The lowest BCUT2D eigenvalue weighted by Gasteiger charge is -2.13. The van der Waals surface area contributed by atoms with Crippen molar-refractivity contribution in [3.63, 3.8) is 0 Å². The molecule has 0 unspecified atom stereocenters. The Balaban J connectivity index is 2.08. The van der Waals surface area contributed by atoms with E-state index in [4.69, 9.17) is 27.9 Å². The smallest absolute Gasteiger partial charge is 0.254 e. The van der Waals surface area contributed by atoms with Crippen LogP contribution in [-0.4, -0.2) is 22.0 Å². The average Bonchev–Trinajstić information content (AvgIpc) is 2.45. The number of hydrogen-bond acceptors (Lipinski definition) is 4. The number of nitrogens with zero attached hydrogens (tertiary/aromatic N) is 2. The maximum atomic E-state index is 12.1. The zero-order valence-electron chi connectivity index (χ0n) is 12.1. The molecule has 116 valence electrons. The minimum absolute atomic E-state index is 0.000684. The van der Waals surface area contributed by atoms with E-state index in [1.807, 2.05) is 19.9 Å². The fourth-order valence-electron chi connectivity index (χ4n) is 1.74. The Morgan fingerprint density at radius 3 is 2.77 bits per heavy atom. The van der Waals surface area contributed by atoms with Gasteiger partial charge < -0.3 is 10.1 Å². The third-order valence-electron chi connectivity index (χ3n) is 2.70. The van der Waals surface area contributed by atoms with Gasteiger partial charge in [-0.3, -0.25) is 4.79 Å². The molecule has 0 aliphatic heterocycles. The maximum Gasteiger partial charge on any atom is 0.254 e. The first-order chi connectivity index (χ1) is 10.5. The highest BCUT2D eigenvalue weighted by molar-refractivity contribution is 6.34. The van der Waals surface area contributed by atoms with Crippen molar-refractivity contribution >= 4 is 29.1 Å². The number of rotatable bonds is 5. The second-order valence-electron chi connectivity index (χ2n) is 4.79. The quantitative estimate of drug-likeness (QED) is 0.846. The van der Waals surface area contributed by atoms with Crippen molar-refractivity contribution in [1.82, 2.24) is 15.3 Å². The number of halogens is 2. The van der Waals surface area contributed by atoms with Gasteiger partial charge in [-0.2, -0.15) is 0 Å². The van der Waals surface area contributed by atoms with Crippen molar-refractivity contribution in [3.8, 4) is 5.88 Å². The van der Waals surface area contributed by atoms with E-state index in [1.165, 1.54) is 12.1 Å². The lowest BCUT2D eigenvalue weighted by atomic mass is 10.2. The molecule has 0 fully saturated rings. The monoisotopic (exact) mass is 339 g/mol. The van der Waals surface area contributed by atoms with Crippen LogP contribution in [0.5, 0.6) is 5.88 Å². The van der Waals surface area contributed by atoms with E-state index in [0.717, 1.165) is 5.56 Å². The number of pyridine rings is 2. The predicted molar refractivity (Wildman–Crippen MR) is 85.4 cm³/mol. The van der Waals surface area contributed by atoms with Crippen molar-refractivity contribution in [2.45, 2.75) is 26.5 Å². The van der Waals surface area contributed by atoms with Crippen LogP contribution in [0.15, 0.2) is 30.5 Å². The molecule has 0 aromatic carbocycles. The SMILES string of the molecule is CC(C)Oc1ncccc1CNC(=O)c1ccc(Cl)nc1Cl. The van der Waals surface area contributed by atoms with Gasteiger partial charge in [-0.15, -0.1) is 0 Å². The maximum absolute atomic E-state index is 12.1. The molecular formula is C15H15Cl2N3O2. The molecule has 2 heterocycles. The Morgan fingerprint density at radius 1 is 1.32 bits per heavy atom. The molecule has 0 bridgehead atoms. The molecule has 2 aromatic rings. The molecule has 0 aliphatic rings. The predicted octanol–water partition coefficient (Wildman–Crippen LogP) is 3.50. The highest BCUT2D eigenvalue weighted by Gasteiger charge is 2.13. The molecule has 0 atom stereocenters. The fraction of sp³-hybridized carbons (Fsp3) is 0.267. The van der Waals surface area contributed by atoms with E-state index in [-0.39, 0.29) is 34.4 Å². The Bertz CT molecular complexity index is 678. The van der Waals surface area contributed by atoms with E-state index in [1.54, 1.807) is 12.3 Å². The third kappa shape index (κ3) is 4.32. The van der Waals surface area contributed by atoms with Gasteiger partial charge in [-0.05, 0) is 32.0 Å². The fourth-order valence-corrected chi connectivity index (χ4v) is 2.17. The van der Waals surface area contributed by atoms with Crippen LogP contribution in [0.4, 0.5) is 0 Å². The van der Waals surface area contributed by atoms with Gasteiger partial charge in [-0.1, -0.05) is 29.3 Å². The number of carbonyl (C=O) groups is 1. The summed E-state index contributed by atoms with van der Waals surface area (Å²) in [6.07, 6.45) is 1.64. The van der Waals surface area contributed by atoms with Gasteiger partial charge in [0.2, 0.25) is 5.88 Å². The van der Waals surface area contributed by atoms with Crippen LogP contribution < -0.4 is 10.1 Å². The first kappa shape index (κ1) is 16.5. The van der Waals surface area contributed by atoms with Crippen molar-refractivity contribution < 1.29 is 9.53 Å². The van der Waals surface area contributed by atoms with Crippen LogP contribution in [0.2, 0.25) is 10.3 Å². The molecule has 0 saturated carbocycles. The molecule has 1 N–H and O–H groups in total. The molecule has 7 heteroatoms. The normalized spacial score (nSPS) is 10.6. The number of ether oxygens (including phenoxy) is 1. The van der Waals surface area contributed by atoms with Crippen molar-refractivity contribution in [2.24, 2.45) is 0 Å². The summed E-state index contributed by atoms with van der Waals surface area (Å²) in [7, 11) is 0. The first-order valence-corrected chi connectivity index (χ1v) is 7.43. The molecule has 1 amide bonds. The van der Waals surface area contributed by atoms with Gasteiger partial charge in [0.25, 0.3) is 5.91 Å². The summed E-state index contributed by atoms with van der Waals surface area (Å²) >= 11 is 11.6. The van der Waals surface area contributed by atoms with Crippen LogP contribution >= 0.6 is 23.2 Å². The van der Waals surface area contributed by atoms with E-state index < -0.39 is 0 Å². The Kier molecular flexibility index (Phi) is 5.57. The second kappa shape index (κ2) is 7.42. The summed E-state index contributed by atoms with van der Waals surface area (Å²) < 4.78 is 5.60. The van der Waals surface area contributed by atoms with Crippen molar-refractivity contribution in [1.29, 1.82) is 0 Å². The van der Waals surface area contributed by atoms with E-state index in [0.29, 0.717) is 5.88 Å². The summed E-state index contributed by atoms with van der Waals surface area (Å²) in [6.45, 7) is 4.10. The van der Waals surface area contributed by atoms with Gasteiger partial charge in [0.15, 0.2) is 0 Å². The molecule has 0 saturated heterocycles. The van der Waals surface area contributed by atoms with Crippen LogP contribution in [0.1, 0.15) is 29.8 Å². The number of aromatic nitrogens is 2. The summed E-state index contributed by atoms with van der Waals surface area (Å²) in [4.78, 5) is 20.2. The lowest BCUT2D eigenvalue weighted by Crippen LogP contribution is -2.24. The summed E-state index contributed by atoms with van der Waals surface area (Å²) in [6, 6.07) is 6.67. The molecule has 0 radical (unpaired) electrons. The summed E-state index contributed by atoms with van der Waals surface area (Å²) in [5.41, 5.74) is 1.05. The minimum atomic E-state index is -0.339. The number of amides is 1. The van der Waals surface area contributed by atoms with Gasteiger partial charge in [0, 0.05) is 18.3 Å². The molecule has 0 aliphatic carbocycles. The van der Waals surface area contributed by atoms with Gasteiger partial charge in [-0.25, -0.2) is 9.97 Å². The van der Waals surface area contributed by atoms with Gasteiger partial charge >= 0.3 is 0 Å². The van der Waals surface area contributed by atoms with Crippen molar-refractivity contribution in [2.75, 3.05) is 0 Å². The molecule has 2 rings (SSSR count). The third-order valence-corrected chi connectivity index (χ3v) is 3.19. The molecule has 22 heavy (non-hydrogen) atoms. The van der Waals surface area contributed by atoms with Crippen LogP contribution in [0.3, 0.4) is 0 Å². The number of nitrogens with one attached hydrogen (secondary N) is 1. The molecular weight excluding hydrogens is 325 g/mol. The van der Waals surface area contributed by atoms with E-state index >= 15 is 0 Å². The number of carbonyl (C=O) groups excluding carboxylic acids is 1. The Hall–Kier alpha value is -1.85. The molecule has 5 nitrogen and oxygen atoms in total. The van der Waals surface area contributed by atoms with Crippen LogP contribution in [0.25, 0.3) is 0 Å². The van der Waals surface area contributed by atoms with E-state index in [9.17, 15) is 4.79 Å². The zero-order chi connectivity index (χ0) is 16.1. The highest BCUT2D eigenvalue weighted by Crippen LogP contribution is 2.18. The average molecular weight is 340 g/mol. The van der Waals surface area contributed by atoms with Crippen LogP contribution in [-0.2, 0) is 6.54 Å². The van der Waals surface area contributed by atoms with Crippen LogP contribution in [0, 0.1) is 0 Å². The summed E-state index contributed by atoms with van der Waals surface area (Å²) in [5.74, 6) is 0.159. The largest absolute Gasteiger partial charge is 0.475 e. The Morgan fingerprint density at radius 2 is 2.09 bits per heavy atom. The molecule has 0 spiro atoms. The highest BCUT2D eigenvalue weighted by atomic mass is 35.5. The first-order valence-electron chi connectivity index (χ1n) is 6.68. The van der Waals surface area contributed by atoms with Crippen molar-refractivity contribution in [3.05, 3.63) is 51.9 Å². The van der Waals surface area contributed by atoms with Gasteiger partial charge in [0.1, 0.15) is 10.3 Å².